The zero-order valence-corrected chi connectivity index (χ0v) is 24.1. The van der Waals surface area contributed by atoms with Crippen molar-refractivity contribution in [1.82, 2.24) is 10.6 Å². The molecule has 2 amide bonds. The molecular weight excluding hydrogens is 524 g/mol. The van der Waals surface area contributed by atoms with E-state index < -0.39 is 0 Å². The lowest BCUT2D eigenvalue weighted by atomic mass is 9.85. The molecule has 4 aromatic rings. The summed E-state index contributed by atoms with van der Waals surface area (Å²) in [7, 11) is 0. The highest BCUT2D eigenvalue weighted by Crippen LogP contribution is 2.31. The van der Waals surface area contributed by atoms with Gasteiger partial charge in [0.2, 0.25) is 11.8 Å². The number of thioether (sulfide) groups is 1. The number of hydrogen-bond donors (Lipinski definition) is 2. The van der Waals surface area contributed by atoms with Gasteiger partial charge in [-0.1, -0.05) is 30.7 Å². The minimum Gasteiger partial charge on any atom is -0.494 e. The van der Waals surface area contributed by atoms with Crippen LogP contribution in [0.2, 0.25) is 0 Å². The van der Waals surface area contributed by atoms with Gasteiger partial charge in [-0.2, -0.15) is 0 Å². The average Bonchev–Trinajstić information content (AvgIpc) is 3.29. The van der Waals surface area contributed by atoms with E-state index in [4.69, 9.17) is 4.74 Å². The summed E-state index contributed by atoms with van der Waals surface area (Å²) in [6.45, 7) is 3.55. The Morgan fingerprint density at radius 2 is 1.82 bits per heavy atom. The zero-order valence-electron chi connectivity index (χ0n) is 22.5. The molecule has 1 heterocycles. The Kier molecular flexibility index (Phi) is 9.43. The number of thiophene rings is 1. The molecule has 0 atom stereocenters. The number of benzene rings is 3. The highest BCUT2D eigenvalue weighted by molar-refractivity contribution is 7.99. The summed E-state index contributed by atoms with van der Waals surface area (Å²) < 4.78 is 7.41. The maximum atomic E-state index is 12.1. The van der Waals surface area contributed by atoms with Crippen molar-refractivity contribution >= 4 is 55.8 Å². The predicted molar refractivity (Wildman–Crippen MR) is 163 cm³/mol. The van der Waals surface area contributed by atoms with Gasteiger partial charge in [0.25, 0.3) is 0 Å². The third-order valence-electron chi connectivity index (χ3n) is 7.33. The maximum absolute atomic E-state index is 12.1. The third kappa shape index (κ3) is 7.34. The van der Waals surface area contributed by atoms with Gasteiger partial charge in [-0.25, -0.2) is 0 Å². The molecule has 1 aliphatic carbocycles. The van der Waals surface area contributed by atoms with Crippen LogP contribution in [0.25, 0.3) is 20.9 Å². The van der Waals surface area contributed by atoms with Crippen molar-refractivity contribution in [2.45, 2.75) is 50.3 Å². The summed E-state index contributed by atoms with van der Waals surface area (Å²) in [5, 5.41) is 11.9. The van der Waals surface area contributed by atoms with Crippen LogP contribution < -0.4 is 15.4 Å². The number of hydrogen-bond acceptors (Lipinski definition) is 5. The highest BCUT2D eigenvalue weighted by atomic mass is 32.2. The Hall–Kier alpha value is -3.03. The normalized spacial score (nSPS) is 13.4. The predicted octanol–water partition coefficient (Wildman–Crippen LogP) is 6.75. The van der Waals surface area contributed by atoms with E-state index in [0.29, 0.717) is 19.7 Å². The molecule has 0 bridgehead atoms. The van der Waals surface area contributed by atoms with Gasteiger partial charge in [-0.15, -0.1) is 23.1 Å². The van der Waals surface area contributed by atoms with Crippen LogP contribution in [0.3, 0.4) is 0 Å². The Morgan fingerprint density at radius 3 is 2.64 bits per heavy atom. The topological polar surface area (TPSA) is 67.4 Å². The minimum absolute atomic E-state index is 0.00254. The maximum Gasteiger partial charge on any atom is 0.223 e. The van der Waals surface area contributed by atoms with Crippen molar-refractivity contribution in [3.63, 3.8) is 0 Å². The second kappa shape index (κ2) is 13.4. The zero-order chi connectivity index (χ0) is 27.0. The number of carbonyl (C=O) groups is 2. The van der Waals surface area contributed by atoms with E-state index >= 15 is 0 Å². The van der Waals surface area contributed by atoms with Gasteiger partial charge in [0, 0.05) is 41.3 Å². The first-order valence-corrected chi connectivity index (χ1v) is 15.7. The molecule has 0 unspecified atom stereocenters. The van der Waals surface area contributed by atoms with Gasteiger partial charge in [0.1, 0.15) is 5.75 Å². The van der Waals surface area contributed by atoms with E-state index in [2.05, 4.69) is 64.5 Å². The van der Waals surface area contributed by atoms with Gasteiger partial charge in [-0.05, 0) is 95.1 Å². The molecular formula is C32H36N2O3S2. The number of carbonyl (C=O) groups excluding carboxylic acids is 2. The van der Waals surface area contributed by atoms with E-state index in [1.165, 1.54) is 43.3 Å². The Labute approximate surface area is 238 Å². The highest BCUT2D eigenvalue weighted by Gasteiger charge is 2.24. The van der Waals surface area contributed by atoms with Gasteiger partial charge in [0.05, 0.1) is 6.61 Å². The SMILES string of the molecule is CC(=O)NCCc1cccc2ccc(OCCCSc3ccc4scc(CCNC(=O)C5CCC5)c4c3)cc12. The van der Waals surface area contributed by atoms with Crippen LogP contribution in [0.1, 0.15) is 43.7 Å². The Balaban J connectivity index is 1.09. The van der Waals surface area contributed by atoms with Crippen LogP contribution in [0.5, 0.6) is 5.75 Å². The number of fused-ring (bicyclic) bond motifs is 2. The molecule has 3 aromatic carbocycles. The molecule has 1 aromatic heterocycles. The molecule has 1 saturated carbocycles. The van der Waals surface area contributed by atoms with E-state index in [1.54, 1.807) is 18.3 Å². The molecule has 0 spiro atoms. The van der Waals surface area contributed by atoms with Crippen LogP contribution in [-0.2, 0) is 22.4 Å². The smallest absolute Gasteiger partial charge is 0.223 e. The van der Waals surface area contributed by atoms with Crippen molar-refractivity contribution in [2.75, 3.05) is 25.4 Å². The summed E-state index contributed by atoms with van der Waals surface area (Å²) >= 11 is 3.64. The standard InChI is InChI=1S/C32H36N2O3S2/c1-22(35)33-15-13-24-6-2-5-23-9-10-27(19-29(23)24)37-17-4-18-38-28-11-12-31-30(20-28)26(21-39-31)14-16-34-32(36)25-7-3-8-25/h2,5-6,9-12,19-21,25H,3-4,7-8,13-18H2,1H3,(H,33,35)(H,34,36). The monoisotopic (exact) mass is 560 g/mol. The first-order chi connectivity index (χ1) is 19.1. The van der Waals surface area contributed by atoms with Gasteiger partial charge < -0.3 is 15.4 Å². The summed E-state index contributed by atoms with van der Waals surface area (Å²) in [4.78, 5) is 24.6. The van der Waals surface area contributed by atoms with Crippen LogP contribution in [0, 0.1) is 5.92 Å². The van der Waals surface area contributed by atoms with Gasteiger partial charge >= 0.3 is 0 Å². The van der Waals surface area contributed by atoms with E-state index in [1.807, 2.05) is 17.8 Å². The minimum atomic E-state index is -0.00254. The molecule has 5 nitrogen and oxygen atoms in total. The Bertz CT molecular complexity index is 1440. The second-order valence-electron chi connectivity index (χ2n) is 10.2. The molecule has 1 aliphatic rings. The largest absolute Gasteiger partial charge is 0.494 e. The van der Waals surface area contributed by atoms with Crippen LogP contribution in [0.4, 0.5) is 0 Å². The van der Waals surface area contributed by atoms with Crippen molar-refractivity contribution in [3.05, 3.63) is 71.1 Å². The third-order valence-corrected chi connectivity index (χ3v) is 9.43. The molecule has 0 radical (unpaired) electrons. The van der Waals surface area contributed by atoms with Crippen molar-refractivity contribution in [2.24, 2.45) is 5.92 Å². The fraction of sp³-hybridized carbons (Fsp3) is 0.375. The molecule has 1 fully saturated rings. The second-order valence-corrected chi connectivity index (χ2v) is 12.3. The quantitative estimate of drug-likeness (QED) is 0.140. The summed E-state index contributed by atoms with van der Waals surface area (Å²) in [5.74, 6) is 2.34. The van der Waals surface area contributed by atoms with Crippen LogP contribution in [0.15, 0.2) is 64.9 Å². The van der Waals surface area contributed by atoms with Gasteiger partial charge in [-0.3, -0.25) is 9.59 Å². The summed E-state index contributed by atoms with van der Waals surface area (Å²) in [6.07, 6.45) is 5.90. The first-order valence-electron chi connectivity index (χ1n) is 13.9. The molecule has 0 saturated heterocycles. The lowest BCUT2D eigenvalue weighted by molar-refractivity contribution is -0.127. The molecule has 204 valence electrons. The molecule has 7 heteroatoms. The number of ether oxygens (including phenoxy) is 1. The molecule has 0 aliphatic heterocycles. The van der Waals surface area contributed by atoms with Crippen LogP contribution >= 0.6 is 23.1 Å². The fourth-order valence-corrected chi connectivity index (χ4v) is 6.76. The van der Waals surface area contributed by atoms with E-state index in [-0.39, 0.29) is 17.7 Å². The average molecular weight is 561 g/mol. The van der Waals surface area contributed by atoms with Crippen LogP contribution in [-0.4, -0.2) is 37.3 Å². The number of rotatable bonds is 13. The molecule has 2 N–H and O–H groups in total. The van der Waals surface area contributed by atoms with Crippen molar-refractivity contribution in [3.8, 4) is 5.75 Å². The van der Waals surface area contributed by atoms with E-state index in [9.17, 15) is 9.59 Å². The lowest BCUT2D eigenvalue weighted by Crippen LogP contribution is -2.35. The summed E-state index contributed by atoms with van der Waals surface area (Å²) in [6, 6.07) is 19.3. The first kappa shape index (κ1) is 27.5. The molecule has 5 rings (SSSR count). The van der Waals surface area contributed by atoms with Crippen molar-refractivity contribution < 1.29 is 14.3 Å². The van der Waals surface area contributed by atoms with E-state index in [0.717, 1.165) is 43.6 Å². The Morgan fingerprint density at radius 1 is 0.974 bits per heavy atom. The number of amides is 2. The number of nitrogens with one attached hydrogen (secondary N) is 2. The lowest BCUT2D eigenvalue weighted by Gasteiger charge is -2.23. The molecule has 39 heavy (non-hydrogen) atoms. The van der Waals surface area contributed by atoms with Crippen molar-refractivity contribution in [1.29, 1.82) is 0 Å². The fourth-order valence-electron chi connectivity index (χ4n) is 4.92. The summed E-state index contributed by atoms with van der Waals surface area (Å²) in [5.41, 5.74) is 2.54. The van der Waals surface area contributed by atoms with Gasteiger partial charge in [0.15, 0.2) is 0 Å².